The molecule has 172 valence electrons. The summed E-state index contributed by atoms with van der Waals surface area (Å²) < 4.78 is 15.5. The zero-order chi connectivity index (χ0) is 24.1. The number of amides is 4. The standard InChI is InChI=1S/C24H24N2O7/c1-5-32-21(27)13-33-19-9-7-16(12-20(19)31-4)11-18-22(28)25-24(30)26(23(18)29)17-8-6-14(2)15(3)10-17/h6-12H,5,13H2,1-4H3,(H,25,28,30)/b18-11+. The van der Waals surface area contributed by atoms with E-state index in [0.717, 1.165) is 16.0 Å². The van der Waals surface area contributed by atoms with Crippen LogP contribution < -0.4 is 19.7 Å². The molecule has 1 saturated heterocycles. The molecule has 0 aliphatic carbocycles. The minimum Gasteiger partial charge on any atom is -0.493 e. The molecule has 2 aromatic carbocycles. The Morgan fingerprint density at radius 2 is 1.79 bits per heavy atom. The number of benzene rings is 2. The molecule has 4 amide bonds. The fourth-order valence-corrected chi connectivity index (χ4v) is 3.16. The fraction of sp³-hybridized carbons (Fsp3) is 0.250. The van der Waals surface area contributed by atoms with E-state index in [9.17, 15) is 19.2 Å². The first-order valence-electron chi connectivity index (χ1n) is 10.2. The van der Waals surface area contributed by atoms with E-state index in [2.05, 4.69) is 5.32 Å². The second-order valence-electron chi connectivity index (χ2n) is 7.23. The molecule has 0 unspecified atom stereocenters. The van der Waals surface area contributed by atoms with Gasteiger partial charge in [-0.2, -0.15) is 0 Å². The van der Waals surface area contributed by atoms with Gasteiger partial charge in [0, 0.05) is 0 Å². The highest BCUT2D eigenvalue weighted by molar-refractivity contribution is 6.39. The summed E-state index contributed by atoms with van der Waals surface area (Å²) in [7, 11) is 1.42. The van der Waals surface area contributed by atoms with Crippen LogP contribution in [0.5, 0.6) is 11.5 Å². The smallest absolute Gasteiger partial charge is 0.344 e. The van der Waals surface area contributed by atoms with Crippen molar-refractivity contribution >= 4 is 35.6 Å². The summed E-state index contributed by atoms with van der Waals surface area (Å²) in [4.78, 5) is 50.3. The van der Waals surface area contributed by atoms with Crippen molar-refractivity contribution in [2.24, 2.45) is 0 Å². The molecule has 2 aromatic rings. The number of carbonyl (C=O) groups is 4. The normalized spacial score (nSPS) is 14.8. The van der Waals surface area contributed by atoms with Crippen LogP contribution in [0.25, 0.3) is 6.08 Å². The van der Waals surface area contributed by atoms with E-state index in [-0.39, 0.29) is 18.8 Å². The summed E-state index contributed by atoms with van der Waals surface area (Å²) in [5, 5.41) is 2.20. The van der Waals surface area contributed by atoms with Crippen LogP contribution in [-0.2, 0) is 19.1 Å². The summed E-state index contributed by atoms with van der Waals surface area (Å²) in [5.41, 5.74) is 2.52. The number of hydrogen-bond donors (Lipinski definition) is 1. The van der Waals surface area contributed by atoms with Gasteiger partial charge in [0.1, 0.15) is 5.57 Å². The number of hydrogen-bond acceptors (Lipinski definition) is 7. The highest BCUT2D eigenvalue weighted by Crippen LogP contribution is 2.30. The first-order chi connectivity index (χ1) is 15.7. The maximum Gasteiger partial charge on any atom is 0.344 e. The Balaban J connectivity index is 1.89. The Kier molecular flexibility index (Phi) is 7.12. The second kappa shape index (κ2) is 9.99. The van der Waals surface area contributed by atoms with Crippen molar-refractivity contribution in [3.63, 3.8) is 0 Å². The molecule has 0 radical (unpaired) electrons. The number of esters is 1. The SMILES string of the molecule is CCOC(=O)COc1ccc(/C=C2\C(=O)NC(=O)N(c3ccc(C)c(C)c3)C2=O)cc1OC. The first kappa shape index (κ1) is 23.5. The van der Waals surface area contributed by atoms with E-state index < -0.39 is 23.8 Å². The maximum absolute atomic E-state index is 13.1. The third-order valence-corrected chi connectivity index (χ3v) is 5.00. The zero-order valence-electron chi connectivity index (χ0n) is 18.8. The maximum atomic E-state index is 13.1. The lowest BCUT2D eigenvalue weighted by molar-refractivity contribution is -0.145. The van der Waals surface area contributed by atoms with Gasteiger partial charge in [-0.25, -0.2) is 14.5 Å². The van der Waals surface area contributed by atoms with Crippen molar-refractivity contribution in [2.45, 2.75) is 20.8 Å². The van der Waals surface area contributed by atoms with E-state index >= 15 is 0 Å². The molecule has 1 aliphatic rings. The molecule has 1 aliphatic heterocycles. The quantitative estimate of drug-likeness (QED) is 0.391. The first-order valence-corrected chi connectivity index (χ1v) is 10.2. The van der Waals surface area contributed by atoms with Crippen LogP contribution in [0.2, 0.25) is 0 Å². The van der Waals surface area contributed by atoms with Gasteiger partial charge in [0.15, 0.2) is 18.1 Å². The van der Waals surface area contributed by atoms with Crippen LogP contribution in [0, 0.1) is 13.8 Å². The van der Waals surface area contributed by atoms with E-state index in [1.165, 1.54) is 13.2 Å². The number of methoxy groups -OCH3 is 1. The molecule has 0 spiro atoms. The molecule has 0 bridgehead atoms. The monoisotopic (exact) mass is 452 g/mol. The van der Waals surface area contributed by atoms with Crippen molar-refractivity contribution in [3.8, 4) is 11.5 Å². The Labute approximate surface area is 190 Å². The number of urea groups is 1. The molecule has 0 saturated carbocycles. The molecule has 1 heterocycles. The van der Waals surface area contributed by atoms with Crippen LogP contribution in [0.15, 0.2) is 42.0 Å². The van der Waals surface area contributed by atoms with Crippen molar-refractivity contribution in [1.29, 1.82) is 0 Å². The molecule has 1 N–H and O–H groups in total. The van der Waals surface area contributed by atoms with Gasteiger partial charge in [0.25, 0.3) is 11.8 Å². The van der Waals surface area contributed by atoms with Gasteiger partial charge in [0.2, 0.25) is 0 Å². The summed E-state index contributed by atoms with van der Waals surface area (Å²) in [6.45, 7) is 5.42. The second-order valence-corrected chi connectivity index (χ2v) is 7.23. The van der Waals surface area contributed by atoms with Gasteiger partial charge < -0.3 is 14.2 Å². The van der Waals surface area contributed by atoms with Crippen LogP contribution in [0.3, 0.4) is 0 Å². The molecule has 33 heavy (non-hydrogen) atoms. The molecular formula is C24H24N2O7. The zero-order valence-corrected chi connectivity index (χ0v) is 18.8. The van der Waals surface area contributed by atoms with Crippen molar-refractivity contribution in [3.05, 3.63) is 58.7 Å². The summed E-state index contributed by atoms with van der Waals surface area (Å²) in [6.07, 6.45) is 1.36. The Morgan fingerprint density at radius 1 is 1.03 bits per heavy atom. The Hall–Kier alpha value is -4.14. The van der Waals surface area contributed by atoms with E-state index in [1.54, 1.807) is 43.3 Å². The lowest BCUT2D eigenvalue weighted by Gasteiger charge is -2.26. The molecule has 1 fully saturated rings. The lowest BCUT2D eigenvalue weighted by Crippen LogP contribution is -2.54. The third kappa shape index (κ3) is 5.20. The van der Waals surface area contributed by atoms with Gasteiger partial charge in [-0.05, 0) is 67.8 Å². The number of aryl methyl sites for hydroxylation is 2. The van der Waals surface area contributed by atoms with E-state index in [1.807, 2.05) is 13.8 Å². The highest BCUT2D eigenvalue weighted by atomic mass is 16.6. The van der Waals surface area contributed by atoms with Crippen molar-refractivity contribution < 1.29 is 33.4 Å². The van der Waals surface area contributed by atoms with Crippen LogP contribution in [0.1, 0.15) is 23.6 Å². The van der Waals surface area contributed by atoms with Crippen molar-refractivity contribution in [2.75, 3.05) is 25.2 Å². The molecule has 0 atom stereocenters. The third-order valence-electron chi connectivity index (χ3n) is 5.00. The van der Waals surface area contributed by atoms with E-state index in [4.69, 9.17) is 14.2 Å². The Bertz CT molecular complexity index is 1150. The number of barbiturate groups is 1. The molecule has 3 rings (SSSR count). The number of nitrogens with zero attached hydrogens (tertiary/aromatic N) is 1. The predicted octanol–water partition coefficient (Wildman–Crippen LogP) is 2.92. The van der Waals surface area contributed by atoms with Crippen LogP contribution in [0.4, 0.5) is 10.5 Å². The van der Waals surface area contributed by atoms with Crippen LogP contribution >= 0.6 is 0 Å². The average Bonchev–Trinajstić information content (AvgIpc) is 2.78. The Morgan fingerprint density at radius 3 is 2.45 bits per heavy atom. The number of imide groups is 2. The minimum absolute atomic E-state index is 0.213. The van der Waals surface area contributed by atoms with Gasteiger partial charge in [-0.1, -0.05) is 12.1 Å². The topological polar surface area (TPSA) is 111 Å². The summed E-state index contributed by atoms with van der Waals surface area (Å²) in [5.74, 6) is -1.48. The summed E-state index contributed by atoms with van der Waals surface area (Å²) in [6, 6.07) is 9.02. The predicted molar refractivity (Wildman–Crippen MR) is 120 cm³/mol. The van der Waals surface area contributed by atoms with Gasteiger partial charge in [-0.15, -0.1) is 0 Å². The number of carbonyl (C=O) groups excluding carboxylic acids is 4. The largest absolute Gasteiger partial charge is 0.493 e. The number of nitrogens with one attached hydrogen (secondary N) is 1. The van der Waals surface area contributed by atoms with Crippen molar-refractivity contribution in [1.82, 2.24) is 5.32 Å². The van der Waals surface area contributed by atoms with E-state index in [0.29, 0.717) is 22.7 Å². The van der Waals surface area contributed by atoms with Gasteiger partial charge in [0.05, 0.1) is 19.4 Å². The summed E-state index contributed by atoms with van der Waals surface area (Å²) >= 11 is 0. The number of rotatable bonds is 7. The minimum atomic E-state index is -0.814. The highest BCUT2D eigenvalue weighted by Gasteiger charge is 2.36. The van der Waals surface area contributed by atoms with Crippen LogP contribution in [-0.4, -0.2) is 44.1 Å². The lowest BCUT2D eigenvalue weighted by atomic mass is 10.0. The fourth-order valence-electron chi connectivity index (χ4n) is 3.16. The molecular weight excluding hydrogens is 428 g/mol. The van der Waals surface area contributed by atoms with Gasteiger partial charge >= 0.3 is 12.0 Å². The number of ether oxygens (including phenoxy) is 3. The average molecular weight is 452 g/mol. The van der Waals surface area contributed by atoms with Gasteiger partial charge in [-0.3, -0.25) is 14.9 Å². The molecule has 0 aromatic heterocycles. The molecule has 9 nitrogen and oxygen atoms in total. The molecule has 9 heteroatoms. The number of anilines is 1.